The maximum absolute atomic E-state index is 14.2. The Morgan fingerprint density at radius 3 is 2.75 bits per heavy atom. The van der Waals surface area contributed by atoms with Gasteiger partial charge in [-0.15, -0.1) is 0 Å². The number of rotatable bonds is 4. The number of oxazole rings is 1. The van der Waals surface area contributed by atoms with Gasteiger partial charge in [0.25, 0.3) is 0 Å². The zero-order chi connectivity index (χ0) is 19.8. The zero-order valence-corrected chi connectivity index (χ0v) is 16.0. The van der Waals surface area contributed by atoms with E-state index < -0.39 is 33.2 Å². The summed E-state index contributed by atoms with van der Waals surface area (Å²) in [5.74, 6) is -1.56. The average Bonchev–Trinajstić information content (AvgIpc) is 3.02. The molecule has 0 saturated heterocycles. The number of nitrogens with zero attached hydrogens (tertiary/aromatic N) is 1. The van der Waals surface area contributed by atoms with Gasteiger partial charge in [0.1, 0.15) is 10.7 Å². The number of hydrogen-bond donors (Lipinski definition) is 2. The largest absolute Gasteiger partial charge is 0.420 e. The summed E-state index contributed by atoms with van der Waals surface area (Å²) in [6, 6.07) is 9.47. The lowest BCUT2D eigenvalue weighted by molar-refractivity contribution is 0.489. The van der Waals surface area contributed by atoms with Gasteiger partial charge < -0.3 is 9.73 Å². The van der Waals surface area contributed by atoms with Crippen LogP contribution in [0.1, 0.15) is 30.5 Å². The van der Waals surface area contributed by atoms with Gasteiger partial charge >= 0.3 is 5.76 Å². The number of fused-ring (bicyclic) bond motifs is 1. The van der Waals surface area contributed by atoms with Crippen LogP contribution in [0.15, 0.2) is 56.6 Å². The third-order valence-corrected chi connectivity index (χ3v) is 5.82. The van der Waals surface area contributed by atoms with E-state index in [2.05, 4.69) is 11.4 Å². The lowest BCUT2D eigenvalue weighted by atomic mass is 9.92. The third kappa shape index (κ3) is 3.18. The topological polar surface area (TPSA) is 81.3 Å². The van der Waals surface area contributed by atoms with E-state index in [0.717, 1.165) is 42.8 Å². The highest BCUT2D eigenvalue weighted by Gasteiger charge is 2.22. The minimum absolute atomic E-state index is 0.0472. The highest BCUT2D eigenvalue weighted by Crippen LogP contribution is 2.31. The molecule has 28 heavy (non-hydrogen) atoms. The van der Waals surface area contributed by atoms with E-state index in [0.29, 0.717) is 0 Å². The van der Waals surface area contributed by atoms with Crippen molar-refractivity contribution in [3.8, 4) is 0 Å². The highest BCUT2D eigenvalue weighted by molar-refractivity contribution is 7.72. The smallest absolute Gasteiger partial charge is 0.408 e. The molecule has 1 N–H and O–H groups in total. The van der Waals surface area contributed by atoms with Crippen molar-refractivity contribution >= 4 is 27.4 Å². The predicted molar refractivity (Wildman–Crippen MR) is 105 cm³/mol. The molecule has 146 valence electrons. The molecular formula is C20H19FN2O4S. The number of thiol groups is 1. The van der Waals surface area contributed by atoms with E-state index in [-0.39, 0.29) is 11.1 Å². The van der Waals surface area contributed by atoms with Crippen molar-refractivity contribution in [3.05, 3.63) is 70.0 Å². The first-order valence-corrected chi connectivity index (χ1v) is 10.1. The minimum atomic E-state index is -3.12. The number of benzene rings is 2. The summed E-state index contributed by atoms with van der Waals surface area (Å²) in [6.45, 7) is 3.51. The van der Waals surface area contributed by atoms with Crippen molar-refractivity contribution in [2.75, 3.05) is 13.1 Å². The number of nitrogens with one attached hydrogen (secondary N) is 1. The molecule has 3 aromatic rings. The standard InChI is InChI=1S/C20H19FN2O4S/c1-12(14-4-2-3-5-15(14)13-6-8-22-9-7-13)23-17-10-16(21)19(28(25)26)11-18(17)27-20(23)24/h2-6,10-12,22,28H,7-9H2,1H3/t12-/m1/s1. The van der Waals surface area contributed by atoms with Crippen molar-refractivity contribution in [2.45, 2.75) is 24.3 Å². The zero-order valence-electron chi connectivity index (χ0n) is 15.1. The Bertz CT molecular complexity index is 1210. The second kappa shape index (κ2) is 7.37. The lowest BCUT2D eigenvalue weighted by Crippen LogP contribution is -2.22. The molecule has 0 radical (unpaired) electrons. The number of hydrogen-bond acceptors (Lipinski definition) is 5. The minimum Gasteiger partial charge on any atom is -0.408 e. The van der Waals surface area contributed by atoms with Gasteiger partial charge in [-0.3, -0.25) is 4.57 Å². The highest BCUT2D eigenvalue weighted by atomic mass is 32.2. The first-order chi connectivity index (χ1) is 13.5. The van der Waals surface area contributed by atoms with E-state index in [1.165, 1.54) is 10.1 Å². The van der Waals surface area contributed by atoms with Crippen molar-refractivity contribution in [2.24, 2.45) is 0 Å². The van der Waals surface area contributed by atoms with Gasteiger partial charge in [0.05, 0.1) is 11.6 Å². The van der Waals surface area contributed by atoms with Gasteiger partial charge in [-0.1, -0.05) is 30.3 Å². The molecule has 1 aliphatic rings. The van der Waals surface area contributed by atoms with Crippen LogP contribution < -0.4 is 11.1 Å². The van der Waals surface area contributed by atoms with Crippen LogP contribution in [0.5, 0.6) is 0 Å². The summed E-state index contributed by atoms with van der Waals surface area (Å²) in [5.41, 5.74) is 3.42. The van der Waals surface area contributed by atoms with Crippen LogP contribution in [-0.4, -0.2) is 26.1 Å². The van der Waals surface area contributed by atoms with Crippen LogP contribution in [0.3, 0.4) is 0 Å². The number of halogens is 1. The fraction of sp³-hybridized carbons (Fsp3) is 0.250. The molecule has 2 heterocycles. The summed E-state index contributed by atoms with van der Waals surface area (Å²) in [4.78, 5) is 12.0. The third-order valence-electron chi connectivity index (χ3n) is 5.09. The molecule has 0 aliphatic carbocycles. The van der Waals surface area contributed by atoms with Crippen molar-refractivity contribution in [1.29, 1.82) is 0 Å². The van der Waals surface area contributed by atoms with Crippen LogP contribution in [0.4, 0.5) is 4.39 Å². The van der Waals surface area contributed by atoms with Crippen molar-refractivity contribution < 1.29 is 17.2 Å². The molecule has 0 fully saturated rings. The Balaban J connectivity index is 1.88. The van der Waals surface area contributed by atoms with Gasteiger partial charge in [-0.25, -0.2) is 17.6 Å². The van der Waals surface area contributed by atoms with Gasteiger partial charge in [0, 0.05) is 18.7 Å². The van der Waals surface area contributed by atoms with Crippen molar-refractivity contribution in [1.82, 2.24) is 9.88 Å². The van der Waals surface area contributed by atoms with Crippen LogP contribution >= 0.6 is 0 Å². The van der Waals surface area contributed by atoms with Crippen LogP contribution in [0.2, 0.25) is 0 Å². The molecule has 0 spiro atoms. The van der Waals surface area contributed by atoms with E-state index in [1.54, 1.807) is 0 Å². The Morgan fingerprint density at radius 2 is 2.04 bits per heavy atom. The molecule has 0 amide bonds. The molecule has 6 nitrogen and oxygen atoms in total. The first kappa shape index (κ1) is 18.6. The molecule has 1 atom stereocenters. The van der Waals surface area contributed by atoms with Gasteiger partial charge in [-0.2, -0.15) is 0 Å². The summed E-state index contributed by atoms with van der Waals surface area (Å²) in [6.07, 6.45) is 3.00. The fourth-order valence-corrected chi connectivity index (χ4v) is 4.17. The van der Waals surface area contributed by atoms with E-state index in [9.17, 15) is 17.6 Å². The van der Waals surface area contributed by atoms with Crippen LogP contribution in [0, 0.1) is 5.82 Å². The molecule has 4 rings (SSSR count). The second-order valence-electron chi connectivity index (χ2n) is 6.71. The molecule has 8 heteroatoms. The SMILES string of the molecule is C[C@H](c1ccccc1C1=CCNCC1)n1c(=O)oc2cc([SH](=O)=O)c(F)cc21. The van der Waals surface area contributed by atoms with E-state index in [4.69, 9.17) is 4.42 Å². The first-order valence-electron chi connectivity index (χ1n) is 8.95. The normalized spacial score (nSPS) is 15.8. The molecule has 1 aliphatic heterocycles. The van der Waals surface area contributed by atoms with E-state index >= 15 is 0 Å². The lowest BCUT2D eigenvalue weighted by Gasteiger charge is -2.21. The molecular weight excluding hydrogens is 383 g/mol. The summed E-state index contributed by atoms with van der Waals surface area (Å²) in [5, 5.41) is 3.28. The van der Waals surface area contributed by atoms with Crippen LogP contribution in [-0.2, 0) is 10.7 Å². The molecule has 2 aromatic carbocycles. The number of aromatic nitrogens is 1. The van der Waals surface area contributed by atoms with Gasteiger partial charge in [0.2, 0.25) is 0 Å². The van der Waals surface area contributed by atoms with E-state index in [1.807, 2.05) is 31.2 Å². The predicted octanol–water partition coefficient (Wildman–Crippen LogP) is 2.69. The maximum atomic E-state index is 14.2. The Kier molecular flexibility index (Phi) is 4.91. The second-order valence-corrected chi connectivity index (χ2v) is 7.71. The summed E-state index contributed by atoms with van der Waals surface area (Å²) in [7, 11) is -3.12. The van der Waals surface area contributed by atoms with Crippen molar-refractivity contribution in [3.63, 3.8) is 0 Å². The molecule has 1 aromatic heterocycles. The maximum Gasteiger partial charge on any atom is 0.420 e. The molecule has 0 saturated carbocycles. The summed E-state index contributed by atoms with van der Waals surface area (Å²) < 4.78 is 43.2. The Morgan fingerprint density at radius 1 is 1.25 bits per heavy atom. The van der Waals surface area contributed by atoms with Gasteiger partial charge in [0.15, 0.2) is 16.3 Å². The Hall–Kier alpha value is -2.71. The fourth-order valence-electron chi connectivity index (χ4n) is 3.71. The van der Waals surface area contributed by atoms with Gasteiger partial charge in [-0.05, 0) is 36.6 Å². The summed E-state index contributed by atoms with van der Waals surface area (Å²) >= 11 is 0. The Labute approximate surface area is 162 Å². The quantitative estimate of drug-likeness (QED) is 0.656. The average molecular weight is 402 g/mol. The monoisotopic (exact) mass is 402 g/mol. The molecule has 0 bridgehead atoms. The van der Waals surface area contributed by atoms with Crippen LogP contribution in [0.25, 0.3) is 16.7 Å². The molecule has 0 unspecified atom stereocenters.